The van der Waals surface area contributed by atoms with Crippen LogP contribution in [0.3, 0.4) is 0 Å². The number of aryl methyl sites for hydroxylation is 3. The number of benzene rings is 1. The molecule has 1 amide bonds. The van der Waals surface area contributed by atoms with Crippen molar-refractivity contribution in [1.82, 2.24) is 24.0 Å². The Morgan fingerprint density at radius 2 is 1.83 bits per heavy atom. The number of fused-ring (bicyclic) bond motifs is 1. The van der Waals surface area contributed by atoms with Crippen LogP contribution >= 0.6 is 0 Å². The normalized spacial score (nSPS) is 15.0. The molecule has 10 heteroatoms. The Morgan fingerprint density at radius 1 is 1.13 bits per heavy atom. The Hall–Kier alpha value is -3.40. The molecule has 1 aliphatic rings. The van der Waals surface area contributed by atoms with Crippen LogP contribution in [0.4, 0.5) is 5.95 Å². The number of piperazine rings is 1. The van der Waals surface area contributed by atoms with Crippen LogP contribution < -0.4 is 21.9 Å². The van der Waals surface area contributed by atoms with E-state index in [2.05, 4.69) is 14.9 Å². The Labute approximate surface area is 172 Å². The summed E-state index contributed by atoms with van der Waals surface area (Å²) in [4.78, 5) is 47.1. The third kappa shape index (κ3) is 3.86. The number of aromatic nitrogens is 4. The summed E-state index contributed by atoms with van der Waals surface area (Å²) in [7, 11) is 1.60. The highest BCUT2D eigenvalue weighted by molar-refractivity contribution is 5.76. The van der Waals surface area contributed by atoms with Crippen LogP contribution in [0.25, 0.3) is 11.2 Å². The van der Waals surface area contributed by atoms with Gasteiger partial charge in [0.1, 0.15) is 0 Å². The summed E-state index contributed by atoms with van der Waals surface area (Å²) in [5.41, 5.74) is 6.29. The smallest absolute Gasteiger partial charge is 0.329 e. The molecule has 0 radical (unpaired) electrons. The number of imidazole rings is 1. The first-order valence-corrected chi connectivity index (χ1v) is 9.93. The first kappa shape index (κ1) is 19.9. The highest BCUT2D eigenvalue weighted by Crippen LogP contribution is 2.21. The summed E-state index contributed by atoms with van der Waals surface area (Å²) >= 11 is 0. The molecule has 0 spiro atoms. The number of hydrogen-bond donors (Lipinski definition) is 2. The maximum atomic E-state index is 12.6. The van der Waals surface area contributed by atoms with E-state index >= 15 is 0 Å². The number of nitrogens with one attached hydrogen (secondary N) is 1. The standard InChI is InChI=1S/C20H25N7O3/c1-24-17-16(18(29)23-20(24)30)27(8-7-14-5-3-2-4-6-14)19(22-17)26-11-9-25(10-12-26)13-15(21)28/h2-6H,7-13H2,1H3,(H2,21,28)(H,23,29,30). The number of nitrogens with two attached hydrogens (primary N) is 1. The van der Waals surface area contributed by atoms with Crippen molar-refractivity contribution in [3.05, 3.63) is 56.7 Å². The van der Waals surface area contributed by atoms with Crippen molar-refractivity contribution in [3.63, 3.8) is 0 Å². The van der Waals surface area contributed by atoms with Crippen molar-refractivity contribution in [2.75, 3.05) is 37.6 Å². The summed E-state index contributed by atoms with van der Waals surface area (Å²) in [6, 6.07) is 10.0. The van der Waals surface area contributed by atoms with Crippen molar-refractivity contribution >= 4 is 23.0 Å². The second-order valence-corrected chi connectivity index (χ2v) is 7.52. The highest BCUT2D eigenvalue weighted by atomic mass is 16.2. The van der Waals surface area contributed by atoms with Crippen LogP contribution in [0.15, 0.2) is 39.9 Å². The van der Waals surface area contributed by atoms with E-state index in [1.54, 1.807) is 7.05 Å². The van der Waals surface area contributed by atoms with Gasteiger partial charge in [-0.3, -0.25) is 24.0 Å². The molecule has 0 aliphatic carbocycles. The number of carbonyl (C=O) groups is 1. The lowest BCUT2D eigenvalue weighted by molar-refractivity contribution is -0.119. The van der Waals surface area contributed by atoms with Crippen LogP contribution in [0.5, 0.6) is 0 Å². The van der Waals surface area contributed by atoms with Crippen molar-refractivity contribution in [1.29, 1.82) is 0 Å². The minimum absolute atomic E-state index is 0.229. The largest absolute Gasteiger partial charge is 0.369 e. The zero-order valence-electron chi connectivity index (χ0n) is 16.9. The molecule has 4 rings (SSSR count). The minimum atomic E-state index is -0.488. The van der Waals surface area contributed by atoms with E-state index in [9.17, 15) is 14.4 Å². The molecule has 2 aromatic heterocycles. The summed E-state index contributed by atoms with van der Waals surface area (Å²) in [6.07, 6.45) is 0.725. The number of anilines is 1. The van der Waals surface area contributed by atoms with E-state index < -0.39 is 11.2 Å². The van der Waals surface area contributed by atoms with Crippen molar-refractivity contribution in [3.8, 4) is 0 Å². The van der Waals surface area contributed by atoms with Crippen molar-refractivity contribution in [2.45, 2.75) is 13.0 Å². The Balaban J connectivity index is 1.70. The van der Waals surface area contributed by atoms with Crippen LogP contribution in [0, 0.1) is 0 Å². The van der Waals surface area contributed by atoms with E-state index in [0.717, 1.165) is 12.0 Å². The van der Waals surface area contributed by atoms with Gasteiger partial charge in [-0.25, -0.2) is 4.79 Å². The molecule has 3 N–H and O–H groups in total. The summed E-state index contributed by atoms with van der Waals surface area (Å²) in [5.74, 6) is 0.312. The fourth-order valence-electron chi connectivity index (χ4n) is 3.89. The van der Waals surface area contributed by atoms with Crippen molar-refractivity contribution < 1.29 is 4.79 Å². The monoisotopic (exact) mass is 411 g/mol. The molecule has 0 saturated carbocycles. The molecule has 1 fully saturated rings. The van der Waals surface area contributed by atoms with Gasteiger partial charge in [0.05, 0.1) is 6.54 Å². The van der Waals surface area contributed by atoms with Crippen LogP contribution in [-0.4, -0.2) is 62.6 Å². The van der Waals surface area contributed by atoms with E-state index in [-0.39, 0.29) is 12.5 Å². The number of primary amides is 1. The maximum absolute atomic E-state index is 12.6. The lowest BCUT2D eigenvalue weighted by Crippen LogP contribution is -2.49. The lowest BCUT2D eigenvalue weighted by Gasteiger charge is -2.34. The Morgan fingerprint density at radius 3 is 2.50 bits per heavy atom. The number of aromatic amines is 1. The SMILES string of the molecule is Cn1c(=O)[nH]c(=O)c2c1nc(N1CCN(CC(N)=O)CC1)n2CCc1ccccc1. The van der Waals surface area contributed by atoms with Gasteiger partial charge in [-0.2, -0.15) is 4.98 Å². The van der Waals surface area contributed by atoms with Gasteiger partial charge < -0.3 is 15.2 Å². The second-order valence-electron chi connectivity index (χ2n) is 7.52. The average Bonchev–Trinajstić information content (AvgIpc) is 3.12. The first-order chi connectivity index (χ1) is 14.4. The van der Waals surface area contributed by atoms with E-state index in [1.165, 1.54) is 4.57 Å². The molecule has 30 heavy (non-hydrogen) atoms. The third-order valence-electron chi connectivity index (χ3n) is 5.49. The molecule has 0 atom stereocenters. The summed E-state index contributed by atoms with van der Waals surface area (Å²) in [6.45, 7) is 3.41. The molecule has 3 aromatic rings. The van der Waals surface area contributed by atoms with E-state index in [1.807, 2.05) is 39.8 Å². The van der Waals surface area contributed by atoms with Gasteiger partial charge in [-0.15, -0.1) is 0 Å². The van der Waals surface area contributed by atoms with Gasteiger partial charge in [0.15, 0.2) is 11.2 Å². The molecule has 10 nitrogen and oxygen atoms in total. The molecule has 1 aliphatic heterocycles. The van der Waals surface area contributed by atoms with Crippen LogP contribution in [0.1, 0.15) is 5.56 Å². The number of nitrogens with zero attached hydrogens (tertiary/aromatic N) is 5. The van der Waals surface area contributed by atoms with Gasteiger partial charge in [-0.1, -0.05) is 30.3 Å². The predicted octanol–water partition coefficient (Wildman–Crippen LogP) is -0.727. The van der Waals surface area contributed by atoms with E-state index in [0.29, 0.717) is 49.8 Å². The second kappa shape index (κ2) is 8.15. The number of rotatable bonds is 6. The van der Waals surface area contributed by atoms with Crippen LogP contribution in [-0.2, 0) is 24.8 Å². The van der Waals surface area contributed by atoms with Crippen LogP contribution in [0.2, 0.25) is 0 Å². The van der Waals surface area contributed by atoms with Crippen molar-refractivity contribution in [2.24, 2.45) is 12.8 Å². The fraction of sp³-hybridized carbons (Fsp3) is 0.400. The maximum Gasteiger partial charge on any atom is 0.329 e. The molecule has 0 bridgehead atoms. The lowest BCUT2D eigenvalue weighted by atomic mass is 10.1. The number of H-pyrrole nitrogens is 1. The van der Waals surface area contributed by atoms with Gasteiger partial charge in [0.25, 0.3) is 5.56 Å². The highest BCUT2D eigenvalue weighted by Gasteiger charge is 2.25. The fourth-order valence-corrected chi connectivity index (χ4v) is 3.89. The zero-order chi connectivity index (χ0) is 21.3. The number of amides is 1. The van der Waals surface area contributed by atoms with E-state index in [4.69, 9.17) is 5.73 Å². The minimum Gasteiger partial charge on any atom is -0.369 e. The summed E-state index contributed by atoms with van der Waals surface area (Å²) in [5, 5.41) is 0. The quantitative estimate of drug-likeness (QED) is 0.552. The molecule has 1 saturated heterocycles. The molecule has 3 heterocycles. The molecule has 158 valence electrons. The number of carbonyl (C=O) groups excluding carboxylic acids is 1. The Bertz CT molecular complexity index is 1170. The zero-order valence-corrected chi connectivity index (χ0v) is 16.9. The Kier molecular flexibility index (Phi) is 5.40. The topological polar surface area (TPSA) is 122 Å². The van der Waals surface area contributed by atoms with Gasteiger partial charge >= 0.3 is 5.69 Å². The number of hydrogen-bond acceptors (Lipinski definition) is 6. The first-order valence-electron chi connectivity index (χ1n) is 9.93. The average molecular weight is 411 g/mol. The summed E-state index contributed by atoms with van der Waals surface area (Å²) < 4.78 is 3.26. The predicted molar refractivity (Wildman–Crippen MR) is 114 cm³/mol. The van der Waals surface area contributed by atoms with Gasteiger partial charge in [0, 0.05) is 39.8 Å². The molecular formula is C20H25N7O3. The molecular weight excluding hydrogens is 386 g/mol. The van der Waals surface area contributed by atoms with Gasteiger partial charge in [0.2, 0.25) is 11.9 Å². The van der Waals surface area contributed by atoms with Gasteiger partial charge in [-0.05, 0) is 12.0 Å². The molecule has 1 aromatic carbocycles. The molecule has 0 unspecified atom stereocenters. The third-order valence-corrected chi connectivity index (χ3v) is 5.49.